The minimum Gasteiger partial charge on any atom is -0.481 e. The molecule has 0 aliphatic carbocycles. The molecule has 0 radical (unpaired) electrons. The summed E-state index contributed by atoms with van der Waals surface area (Å²) in [6.45, 7) is 3.88. The fraction of sp³-hybridized carbons (Fsp3) is 0.906. The van der Waals surface area contributed by atoms with Gasteiger partial charge in [0.15, 0.2) is 6.10 Å². The van der Waals surface area contributed by atoms with Crippen molar-refractivity contribution in [2.24, 2.45) is 0 Å². The van der Waals surface area contributed by atoms with E-state index in [4.69, 9.17) is 19.3 Å². The molecule has 246 valence electrons. The summed E-state index contributed by atoms with van der Waals surface area (Å²) in [5.74, 6) is -1.87. The second kappa shape index (κ2) is 25.7. The molecule has 0 unspecified atom stereocenters. The van der Waals surface area contributed by atoms with Crippen LogP contribution in [0.15, 0.2) is 0 Å². The maximum absolute atomic E-state index is 12.0. The number of ether oxygens (including phenoxy) is 4. The first kappa shape index (κ1) is 38.3. The van der Waals surface area contributed by atoms with Gasteiger partial charge in [0.1, 0.15) is 24.9 Å². The molecule has 4 atom stereocenters. The summed E-state index contributed by atoms with van der Waals surface area (Å²) in [6, 6.07) is 0. The van der Waals surface area contributed by atoms with Gasteiger partial charge in [0.05, 0.1) is 19.8 Å². The summed E-state index contributed by atoms with van der Waals surface area (Å²) < 4.78 is 20.2. The normalized spacial score (nSPS) is 19.9. The molecule has 0 bridgehead atoms. The number of carbonyl (C=O) groups is 3. The van der Waals surface area contributed by atoms with Gasteiger partial charge in [-0.1, -0.05) is 96.8 Å². The van der Waals surface area contributed by atoms with Crippen molar-refractivity contribution in [3.63, 3.8) is 0 Å². The number of carboxylic acids is 1. The molecule has 42 heavy (non-hydrogen) atoms. The zero-order valence-corrected chi connectivity index (χ0v) is 26.0. The minimum atomic E-state index is -1.24. The molecule has 0 aromatic carbocycles. The van der Waals surface area contributed by atoms with Crippen LogP contribution in [0.1, 0.15) is 135 Å². The van der Waals surface area contributed by atoms with Gasteiger partial charge >= 0.3 is 17.9 Å². The number of hydrogen-bond acceptors (Lipinski definition) is 9. The Balaban J connectivity index is 0.00000275. The average molecular weight is 603 g/mol. The highest BCUT2D eigenvalue weighted by molar-refractivity contribution is 5.70. The number of carboxylic acid groups (broad SMARTS) is 1. The summed E-state index contributed by atoms with van der Waals surface area (Å²) in [6.07, 6.45) is 15.4. The van der Waals surface area contributed by atoms with Gasteiger partial charge in [0.25, 0.3) is 0 Å². The van der Waals surface area contributed by atoms with Gasteiger partial charge in [0.2, 0.25) is 0 Å². The summed E-state index contributed by atoms with van der Waals surface area (Å²) in [5, 5.41) is 29.3. The molecule has 0 spiro atoms. The van der Waals surface area contributed by atoms with Crippen LogP contribution in [0.4, 0.5) is 0 Å². The molecule has 0 aromatic heterocycles. The first-order valence-electron chi connectivity index (χ1n) is 16.5. The highest BCUT2D eigenvalue weighted by Gasteiger charge is 2.42. The molecule has 2 heterocycles. The van der Waals surface area contributed by atoms with Crippen molar-refractivity contribution in [2.45, 2.75) is 160 Å². The minimum absolute atomic E-state index is 0.0190. The topological polar surface area (TPSA) is 152 Å². The molecular formula is C32H58O10. The number of aliphatic hydroxyl groups excluding tert-OH is 2. The summed E-state index contributed by atoms with van der Waals surface area (Å²) >= 11 is 0. The Kier molecular flexibility index (Phi) is 23.4. The molecule has 2 saturated heterocycles. The highest BCUT2D eigenvalue weighted by Crippen LogP contribution is 2.22. The first-order chi connectivity index (χ1) is 20.3. The van der Waals surface area contributed by atoms with E-state index in [0.29, 0.717) is 19.3 Å². The number of carbonyl (C=O) groups excluding carboxylic acids is 2. The van der Waals surface area contributed by atoms with Crippen LogP contribution in [0.3, 0.4) is 0 Å². The van der Waals surface area contributed by atoms with E-state index in [9.17, 15) is 24.6 Å². The van der Waals surface area contributed by atoms with Crippen LogP contribution in [0.25, 0.3) is 0 Å². The number of aliphatic carboxylic acids is 1. The number of hydrogen-bond donors (Lipinski definition) is 3. The smallest absolute Gasteiger partial charge is 0.306 e. The quantitative estimate of drug-likeness (QED) is 0.0695. The zero-order valence-electron chi connectivity index (χ0n) is 26.0. The summed E-state index contributed by atoms with van der Waals surface area (Å²) in [5.41, 5.74) is 0. The van der Waals surface area contributed by atoms with E-state index in [1.54, 1.807) is 0 Å². The maximum Gasteiger partial charge on any atom is 0.306 e. The van der Waals surface area contributed by atoms with E-state index in [1.807, 2.05) is 0 Å². The van der Waals surface area contributed by atoms with Crippen LogP contribution in [0.2, 0.25) is 0 Å². The van der Waals surface area contributed by atoms with Crippen molar-refractivity contribution in [3.05, 3.63) is 0 Å². The highest BCUT2D eigenvalue weighted by atomic mass is 16.6. The standard InChI is InChI=1S/C30H54O9.C2H4O/c1-2-3-4-5-6-7-8-9-10-11-12-13-14-15-16-20-27(34)37-22-24(31)30-29(36)25(23-38-30)39-28(35)21-18-17-19-26(32)33;1-2-3-1/h24-25,29-31,36H,2-23H2,1H3,(H,32,33);1-2H2/t24-,25+,29-,30-;/m1./s1. The Morgan fingerprint density at radius 2 is 1.19 bits per heavy atom. The summed E-state index contributed by atoms with van der Waals surface area (Å²) in [7, 11) is 0. The number of epoxide rings is 1. The lowest BCUT2D eigenvalue weighted by Gasteiger charge is -2.22. The lowest BCUT2D eigenvalue weighted by molar-refractivity contribution is -0.154. The van der Waals surface area contributed by atoms with Crippen LogP contribution in [-0.4, -0.2) is 84.1 Å². The molecule has 2 aliphatic heterocycles. The predicted molar refractivity (Wildman–Crippen MR) is 159 cm³/mol. The van der Waals surface area contributed by atoms with Crippen molar-refractivity contribution in [1.29, 1.82) is 0 Å². The monoisotopic (exact) mass is 602 g/mol. The number of unbranched alkanes of at least 4 members (excludes halogenated alkanes) is 15. The lowest BCUT2D eigenvalue weighted by Crippen LogP contribution is -2.42. The van der Waals surface area contributed by atoms with E-state index in [-0.39, 0.29) is 32.0 Å². The molecule has 10 nitrogen and oxygen atoms in total. The second-order valence-corrected chi connectivity index (χ2v) is 11.5. The van der Waals surface area contributed by atoms with Gasteiger partial charge in [-0.2, -0.15) is 0 Å². The van der Waals surface area contributed by atoms with Crippen LogP contribution in [-0.2, 0) is 33.3 Å². The molecule has 0 aromatic rings. The van der Waals surface area contributed by atoms with Crippen molar-refractivity contribution in [3.8, 4) is 0 Å². The van der Waals surface area contributed by atoms with Crippen molar-refractivity contribution < 1.29 is 48.7 Å². The SMILES string of the molecule is C1CO1.CCCCCCCCCCCCCCCCCC(=O)OC[C@@H](O)[C@H]1OC[C@H](OC(=O)CCCCC(=O)O)[C@H]1O. The van der Waals surface area contributed by atoms with Crippen LogP contribution < -0.4 is 0 Å². The van der Waals surface area contributed by atoms with E-state index < -0.39 is 36.4 Å². The third-order valence-electron chi connectivity index (χ3n) is 7.46. The van der Waals surface area contributed by atoms with Crippen molar-refractivity contribution in [2.75, 3.05) is 26.4 Å². The Morgan fingerprint density at radius 1 is 0.738 bits per heavy atom. The second-order valence-electron chi connectivity index (χ2n) is 11.5. The summed E-state index contributed by atoms with van der Waals surface area (Å²) in [4.78, 5) is 34.4. The zero-order chi connectivity index (χ0) is 30.8. The molecule has 3 N–H and O–H groups in total. The van der Waals surface area contributed by atoms with Crippen LogP contribution in [0.5, 0.6) is 0 Å². The Labute approximate surface area is 252 Å². The fourth-order valence-electron chi connectivity index (χ4n) is 4.82. The van der Waals surface area contributed by atoms with Gasteiger partial charge in [-0.05, 0) is 19.3 Å². The third kappa shape index (κ3) is 21.9. The van der Waals surface area contributed by atoms with E-state index in [2.05, 4.69) is 11.7 Å². The molecule has 2 rings (SSSR count). The molecular weight excluding hydrogens is 544 g/mol. The predicted octanol–water partition coefficient (Wildman–Crippen LogP) is 5.49. The number of esters is 2. The van der Waals surface area contributed by atoms with Gasteiger partial charge < -0.3 is 34.3 Å². The van der Waals surface area contributed by atoms with E-state index in [0.717, 1.165) is 32.5 Å². The number of rotatable bonds is 25. The fourth-order valence-corrected chi connectivity index (χ4v) is 4.82. The third-order valence-corrected chi connectivity index (χ3v) is 7.46. The van der Waals surface area contributed by atoms with Gasteiger partial charge in [0, 0.05) is 19.3 Å². The average Bonchev–Trinajstić information content (AvgIpc) is 3.81. The Hall–Kier alpha value is -1.75. The molecule has 2 aliphatic rings. The van der Waals surface area contributed by atoms with Crippen molar-refractivity contribution >= 4 is 17.9 Å². The number of aliphatic hydroxyl groups is 2. The van der Waals surface area contributed by atoms with Gasteiger partial charge in [-0.15, -0.1) is 0 Å². The maximum atomic E-state index is 12.0. The first-order valence-corrected chi connectivity index (χ1v) is 16.5. The molecule has 2 fully saturated rings. The molecule has 10 heteroatoms. The lowest BCUT2D eigenvalue weighted by atomic mass is 10.0. The van der Waals surface area contributed by atoms with Crippen molar-refractivity contribution in [1.82, 2.24) is 0 Å². The largest absolute Gasteiger partial charge is 0.481 e. The van der Waals surface area contributed by atoms with E-state index >= 15 is 0 Å². The van der Waals surface area contributed by atoms with E-state index in [1.165, 1.54) is 77.0 Å². The molecule has 0 amide bonds. The van der Waals surface area contributed by atoms with Gasteiger partial charge in [-0.3, -0.25) is 14.4 Å². The van der Waals surface area contributed by atoms with Crippen LogP contribution in [0, 0.1) is 0 Å². The Morgan fingerprint density at radius 3 is 1.69 bits per heavy atom. The molecule has 0 saturated carbocycles. The van der Waals surface area contributed by atoms with Crippen LogP contribution >= 0.6 is 0 Å². The Bertz CT molecular complexity index is 696. The van der Waals surface area contributed by atoms with Gasteiger partial charge in [-0.25, -0.2) is 0 Å².